The highest BCUT2D eigenvalue weighted by atomic mass is 16.5. The Morgan fingerprint density at radius 2 is 1.76 bits per heavy atom. The summed E-state index contributed by atoms with van der Waals surface area (Å²) in [6.45, 7) is 9.50. The molecule has 2 atom stereocenters. The SMILES string of the molecule is COC(c1ccccc1)C(CCC(C)C)NCCCN1CCCCC1. The molecule has 1 fully saturated rings. The molecule has 2 unspecified atom stereocenters. The molecular weight excluding hydrogens is 308 g/mol. The van der Waals surface area contributed by atoms with Gasteiger partial charge in [-0.2, -0.15) is 0 Å². The molecule has 1 N–H and O–H groups in total. The number of nitrogens with one attached hydrogen (secondary N) is 1. The molecule has 0 amide bonds. The summed E-state index contributed by atoms with van der Waals surface area (Å²) in [6.07, 6.45) is 7.93. The minimum Gasteiger partial charge on any atom is -0.375 e. The van der Waals surface area contributed by atoms with Crippen molar-refractivity contribution in [2.45, 2.75) is 64.5 Å². The molecule has 1 saturated heterocycles. The first-order chi connectivity index (χ1) is 12.2. The number of hydrogen-bond acceptors (Lipinski definition) is 3. The zero-order valence-electron chi connectivity index (χ0n) is 16.5. The van der Waals surface area contributed by atoms with Gasteiger partial charge >= 0.3 is 0 Å². The van der Waals surface area contributed by atoms with E-state index in [0.717, 1.165) is 18.9 Å². The van der Waals surface area contributed by atoms with Crippen molar-refractivity contribution in [2.75, 3.05) is 33.3 Å². The number of rotatable bonds is 11. The highest BCUT2D eigenvalue weighted by molar-refractivity contribution is 5.19. The van der Waals surface area contributed by atoms with E-state index < -0.39 is 0 Å². The van der Waals surface area contributed by atoms with Crippen LogP contribution in [0.3, 0.4) is 0 Å². The third-order valence-electron chi connectivity index (χ3n) is 5.31. The van der Waals surface area contributed by atoms with Crippen molar-refractivity contribution >= 4 is 0 Å². The van der Waals surface area contributed by atoms with Gasteiger partial charge in [-0.3, -0.25) is 0 Å². The maximum absolute atomic E-state index is 5.90. The Labute approximate surface area is 155 Å². The van der Waals surface area contributed by atoms with Crippen LogP contribution >= 0.6 is 0 Å². The molecule has 2 rings (SSSR count). The van der Waals surface area contributed by atoms with Gasteiger partial charge in [0.15, 0.2) is 0 Å². The average molecular weight is 347 g/mol. The van der Waals surface area contributed by atoms with Crippen LogP contribution in [0, 0.1) is 5.92 Å². The molecule has 0 saturated carbocycles. The lowest BCUT2D eigenvalue weighted by atomic mass is 9.95. The molecule has 3 heteroatoms. The maximum Gasteiger partial charge on any atom is 0.0973 e. The van der Waals surface area contributed by atoms with Gasteiger partial charge in [-0.15, -0.1) is 0 Å². The summed E-state index contributed by atoms with van der Waals surface area (Å²) in [7, 11) is 1.84. The van der Waals surface area contributed by atoms with E-state index in [-0.39, 0.29) is 6.10 Å². The predicted octanol–water partition coefficient (Wildman–Crippen LogP) is 4.64. The molecule has 1 aromatic rings. The lowest BCUT2D eigenvalue weighted by Crippen LogP contribution is -2.38. The van der Waals surface area contributed by atoms with E-state index in [1.165, 1.54) is 57.3 Å². The number of piperidine rings is 1. The van der Waals surface area contributed by atoms with Crippen molar-refractivity contribution in [3.8, 4) is 0 Å². The van der Waals surface area contributed by atoms with E-state index in [4.69, 9.17) is 4.74 Å². The second-order valence-corrected chi connectivity index (χ2v) is 7.85. The molecule has 1 aromatic carbocycles. The topological polar surface area (TPSA) is 24.5 Å². The van der Waals surface area contributed by atoms with Gasteiger partial charge < -0.3 is 15.0 Å². The summed E-state index contributed by atoms with van der Waals surface area (Å²) < 4.78 is 5.90. The third kappa shape index (κ3) is 7.47. The largest absolute Gasteiger partial charge is 0.375 e. The molecule has 25 heavy (non-hydrogen) atoms. The van der Waals surface area contributed by atoms with E-state index in [1.54, 1.807) is 0 Å². The van der Waals surface area contributed by atoms with Crippen LogP contribution in [-0.2, 0) is 4.74 Å². The smallest absolute Gasteiger partial charge is 0.0973 e. The lowest BCUT2D eigenvalue weighted by Gasteiger charge is -2.29. The van der Waals surface area contributed by atoms with Gasteiger partial charge in [-0.05, 0) is 69.8 Å². The van der Waals surface area contributed by atoms with Gasteiger partial charge in [-0.25, -0.2) is 0 Å². The Balaban J connectivity index is 1.85. The van der Waals surface area contributed by atoms with Gasteiger partial charge in [0, 0.05) is 13.2 Å². The fourth-order valence-corrected chi connectivity index (χ4v) is 3.82. The highest BCUT2D eigenvalue weighted by Gasteiger charge is 2.22. The number of hydrogen-bond donors (Lipinski definition) is 1. The second-order valence-electron chi connectivity index (χ2n) is 7.85. The normalized spacial score (nSPS) is 18.4. The van der Waals surface area contributed by atoms with Crippen LogP contribution in [0.15, 0.2) is 30.3 Å². The van der Waals surface area contributed by atoms with E-state index in [0.29, 0.717) is 6.04 Å². The summed E-state index contributed by atoms with van der Waals surface area (Å²) in [5.74, 6) is 0.728. The quantitative estimate of drug-likeness (QED) is 0.591. The highest BCUT2D eigenvalue weighted by Crippen LogP contribution is 2.24. The molecule has 0 bridgehead atoms. The van der Waals surface area contributed by atoms with Crippen molar-refractivity contribution in [3.05, 3.63) is 35.9 Å². The first-order valence-electron chi connectivity index (χ1n) is 10.2. The van der Waals surface area contributed by atoms with Crippen LogP contribution in [0.5, 0.6) is 0 Å². The average Bonchev–Trinajstić information content (AvgIpc) is 2.64. The van der Waals surface area contributed by atoms with Gasteiger partial charge in [0.1, 0.15) is 0 Å². The van der Waals surface area contributed by atoms with Crippen LogP contribution in [0.4, 0.5) is 0 Å². The first kappa shape index (κ1) is 20.4. The summed E-state index contributed by atoms with van der Waals surface area (Å²) in [4.78, 5) is 2.62. The fraction of sp³-hybridized carbons (Fsp3) is 0.727. The molecule has 142 valence electrons. The van der Waals surface area contributed by atoms with Crippen molar-refractivity contribution in [2.24, 2.45) is 5.92 Å². The first-order valence-corrected chi connectivity index (χ1v) is 10.2. The Morgan fingerprint density at radius 3 is 2.40 bits per heavy atom. The molecule has 1 heterocycles. The Hall–Kier alpha value is -0.900. The zero-order valence-corrected chi connectivity index (χ0v) is 16.5. The molecule has 0 aliphatic carbocycles. The van der Waals surface area contributed by atoms with Gasteiger partial charge in [0.25, 0.3) is 0 Å². The number of ether oxygens (including phenoxy) is 1. The van der Waals surface area contributed by atoms with Gasteiger partial charge in [-0.1, -0.05) is 50.6 Å². The molecule has 0 radical (unpaired) electrons. The molecule has 1 aliphatic rings. The van der Waals surface area contributed by atoms with Crippen molar-refractivity contribution < 1.29 is 4.74 Å². The summed E-state index contributed by atoms with van der Waals surface area (Å²) in [5, 5.41) is 3.81. The fourth-order valence-electron chi connectivity index (χ4n) is 3.82. The van der Waals surface area contributed by atoms with Crippen molar-refractivity contribution in [1.82, 2.24) is 10.2 Å². The molecule has 0 spiro atoms. The van der Waals surface area contributed by atoms with E-state index in [2.05, 4.69) is 54.4 Å². The molecule has 3 nitrogen and oxygen atoms in total. The number of benzene rings is 1. The third-order valence-corrected chi connectivity index (χ3v) is 5.31. The molecule has 0 aromatic heterocycles. The van der Waals surface area contributed by atoms with Crippen LogP contribution in [0.25, 0.3) is 0 Å². The summed E-state index contributed by atoms with van der Waals surface area (Å²) in [6, 6.07) is 11.0. The number of likely N-dealkylation sites (tertiary alicyclic amines) is 1. The van der Waals surface area contributed by atoms with E-state index in [9.17, 15) is 0 Å². The predicted molar refractivity (Wildman–Crippen MR) is 107 cm³/mol. The Bertz CT molecular complexity index is 443. The minimum atomic E-state index is 0.134. The molecular formula is C22H38N2O. The summed E-state index contributed by atoms with van der Waals surface area (Å²) in [5.41, 5.74) is 1.28. The number of nitrogens with zero attached hydrogens (tertiary/aromatic N) is 1. The number of methoxy groups -OCH3 is 1. The van der Waals surface area contributed by atoms with Crippen LogP contribution in [0.1, 0.15) is 64.0 Å². The summed E-state index contributed by atoms with van der Waals surface area (Å²) >= 11 is 0. The lowest BCUT2D eigenvalue weighted by molar-refractivity contribution is 0.0625. The monoisotopic (exact) mass is 346 g/mol. The standard InChI is InChI=1S/C22H38N2O/c1-19(2)13-14-21(22(25-3)20-11-6-4-7-12-20)23-15-10-18-24-16-8-5-9-17-24/h4,6-7,11-12,19,21-23H,5,8-10,13-18H2,1-3H3. The van der Waals surface area contributed by atoms with Crippen molar-refractivity contribution in [1.29, 1.82) is 0 Å². The van der Waals surface area contributed by atoms with E-state index >= 15 is 0 Å². The minimum absolute atomic E-state index is 0.134. The van der Waals surface area contributed by atoms with Crippen LogP contribution in [-0.4, -0.2) is 44.2 Å². The molecule has 1 aliphatic heterocycles. The van der Waals surface area contributed by atoms with Crippen LogP contribution in [0.2, 0.25) is 0 Å². The zero-order chi connectivity index (χ0) is 17.9. The van der Waals surface area contributed by atoms with Gasteiger partial charge in [0.2, 0.25) is 0 Å². The Morgan fingerprint density at radius 1 is 1.04 bits per heavy atom. The van der Waals surface area contributed by atoms with E-state index in [1.807, 2.05) is 7.11 Å². The maximum atomic E-state index is 5.90. The Kier molecular flexibility index (Phi) is 9.52. The van der Waals surface area contributed by atoms with Crippen LogP contribution < -0.4 is 5.32 Å². The second kappa shape index (κ2) is 11.7. The van der Waals surface area contributed by atoms with Gasteiger partial charge in [0.05, 0.1) is 6.10 Å². The van der Waals surface area contributed by atoms with Crippen molar-refractivity contribution in [3.63, 3.8) is 0 Å².